The fraction of sp³-hybridized carbons (Fsp3) is 0.500. The molecule has 0 unspecified atom stereocenters. The number of carbonyl (C=O) groups is 2. The number of rotatable bonds is 2. The average molecular weight is 287 g/mol. The van der Waals surface area contributed by atoms with E-state index < -0.39 is 0 Å². The van der Waals surface area contributed by atoms with Crippen molar-refractivity contribution in [2.75, 3.05) is 24.5 Å². The summed E-state index contributed by atoms with van der Waals surface area (Å²) in [4.78, 5) is 27.8. The first-order valence-corrected chi connectivity index (χ1v) is 7.60. The number of amides is 2. The van der Waals surface area contributed by atoms with E-state index in [1.165, 1.54) is 0 Å². The third kappa shape index (κ3) is 2.93. The Bertz CT molecular complexity index is 541. The van der Waals surface area contributed by atoms with Gasteiger partial charge in [-0.15, -0.1) is 0 Å². The summed E-state index contributed by atoms with van der Waals surface area (Å²) in [5.41, 5.74) is 7.39. The number of nitrogens with two attached hydrogens (primary N) is 1. The lowest BCUT2D eigenvalue weighted by Gasteiger charge is -2.27. The predicted molar refractivity (Wildman–Crippen MR) is 81.1 cm³/mol. The number of benzene rings is 1. The zero-order valence-corrected chi connectivity index (χ0v) is 12.1. The Morgan fingerprint density at radius 1 is 1.14 bits per heavy atom. The molecule has 3 rings (SSSR count). The van der Waals surface area contributed by atoms with Crippen LogP contribution in [-0.4, -0.2) is 42.4 Å². The van der Waals surface area contributed by atoms with Crippen molar-refractivity contribution in [3.63, 3.8) is 0 Å². The molecule has 2 aliphatic heterocycles. The number of piperidine rings is 1. The highest BCUT2D eigenvalue weighted by atomic mass is 16.2. The number of hydrogen-bond acceptors (Lipinski definition) is 3. The first-order valence-electron chi connectivity index (χ1n) is 7.60. The number of likely N-dealkylation sites (tertiary alicyclic amines) is 1. The van der Waals surface area contributed by atoms with Crippen LogP contribution in [0.4, 0.5) is 5.69 Å². The van der Waals surface area contributed by atoms with Gasteiger partial charge in [0.2, 0.25) is 5.91 Å². The van der Waals surface area contributed by atoms with Gasteiger partial charge in [-0.25, -0.2) is 0 Å². The van der Waals surface area contributed by atoms with E-state index in [1.54, 1.807) is 4.90 Å². The van der Waals surface area contributed by atoms with Gasteiger partial charge in [0.05, 0.1) is 0 Å². The maximum absolute atomic E-state index is 12.3. The van der Waals surface area contributed by atoms with Gasteiger partial charge in [0.1, 0.15) is 0 Å². The largest absolute Gasteiger partial charge is 0.337 e. The molecule has 2 aliphatic rings. The minimum atomic E-state index is 0.0273. The molecule has 1 aromatic rings. The fourth-order valence-electron chi connectivity index (χ4n) is 3.02. The standard InChI is InChI=1S/C16H21N3O2/c17-13-8-10-18(11-13)16(21)12-4-6-14(7-5-12)19-9-2-1-3-15(19)20/h4-7,13H,1-3,8-11,17H2/t13-/m1/s1. The lowest BCUT2D eigenvalue weighted by Crippen LogP contribution is -2.35. The molecule has 2 fully saturated rings. The topological polar surface area (TPSA) is 66.6 Å². The van der Waals surface area contributed by atoms with Crippen LogP contribution in [0.15, 0.2) is 24.3 Å². The molecule has 5 nitrogen and oxygen atoms in total. The minimum Gasteiger partial charge on any atom is -0.337 e. The van der Waals surface area contributed by atoms with Crippen molar-refractivity contribution in [2.24, 2.45) is 5.73 Å². The van der Waals surface area contributed by atoms with Gasteiger partial charge < -0.3 is 15.5 Å². The van der Waals surface area contributed by atoms with Crippen molar-refractivity contribution >= 4 is 17.5 Å². The van der Waals surface area contributed by atoms with E-state index in [1.807, 2.05) is 29.2 Å². The highest BCUT2D eigenvalue weighted by Gasteiger charge is 2.25. The molecule has 0 radical (unpaired) electrons. The summed E-state index contributed by atoms with van der Waals surface area (Å²) in [6.45, 7) is 2.13. The highest BCUT2D eigenvalue weighted by molar-refractivity contribution is 5.97. The van der Waals surface area contributed by atoms with E-state index in [4.69, 9.17) is 5.73 Å². The van der Waals surface area contributed by atoms with Crippen LogP contribution in [0.3, 0.4) is 0 Å². The summed E-state index contributed by atoms with van der Waals surface area (Å²) in [6, 6.07) is 7.45. The maximum Gasteiger partial charge on any atom is 0.253 e. The van der Waals surface area contributed by atoms with E-state index in [-0.39, 0.29) is 17.9 Å². The summed E-state index contributed by atoms with van der Waals surface area (Å²) in [5, 5.41) is 0. The maximum atomic E-state index is 12.3. The van der Waals surface area contributed by atoms with Crippen LogP contribution in [-0.2, 0) is 4.79 Å². The molecule has 0 aliphatic carbocycles. The monoisotopic (exact) mass is 287 g/mol. The summed E-state index contributed by atoms with van der Waals surface area (Å²) in [7, 11) is 0. The number of hydrogen-bond donors (Lipinski definition) is 1. The molecule has 2 amide bonds. The lowest BCUT2D eigenvalue weighted by atomic mass is 10.1. The Morgan fingerprint density at radius 2 is 1.90 bits per heavy atom. The SMILES string of the molecule is N[C@@H]1CCN(C(=O)c2ccc(N3CCCCC3=O)cc2)C1. The Hall–Kier alpha value is -1.88. The molecule has 2 N–H and O–H groups in total. The van der Waals surface area contributed by atoms with E-state index in [0.29, 0.717) is 18.5 Å². The van der Waals surface area contributed by atoms with Crippen molar-refractivity contribution in [1.82, 2.24) is 4.90 Å². The second-order valence-electron chi connectivity index (χ2n) is 5.85. The molecule has 0 spiro atoms. The third-order valence-corrected chi connectivity index (χ3v) is 4.26. The molecular formula is C16H21N3O2. The minimum absolute atomic E-state index is 0.0273. The van der Waals surface area contributed by atoms with Gasteiger partial charge in [0.25, 0.3) is 5.91 Å². The van der Waals surface area contributed by atoms with Crippen LogP contribution in [0.1, 0.15) is 36.0 Å². The highest BCUT2D eigenvalue weighted by Crippen LogP contribution is 2.22. The summed E-state index contributed by atoms with van der Waals surface area (Å²) >= 11 is 0. The second kappa shape index (κ2) is 5.85. The Kier molecular flexibility index (Phi) is 3.92. The van der Waals surface area contributed by atoms with Crippen molar-refractivity contribution in [1.29, 1.82) is 0 Å². The van der Waals surface area contributed by atoms with Crippen LogP contribution in [0.2, 0.25) is 0 Å². The third-order valence-electron chi connectivity index (χ3n) is 4.26. The van der Waals surface area contributed by atoms with Gasteiger partial charge in [-0.1, -0.05) is 0 Å². The van der Waals surface area contributed by atoms with Gasteiger partial charge in [-0.3, -0.25) is 9.59 Å². The number of nitrogens with zero attached hydrogens (tertiary/aromatic N) is 2. The van der Waals surface area contributed by atoms with Gasteiger partial charge >= 0.3 is 0 Å². The van der Waals surface area contributed by atoms with Gasteiger partial charge in [0, 0.05) is 43.3 Å². The van der Waals surface area contributed by atoms with Crippen LogP contribution in [0.25, 0.3) is 0 Å². The van der Waals surface area contributed by atoms with Crippen LogP contribution in [0, 0.1) is 0 Å². The molecule has 1 atom stereocenters. The summed E-state index contributed by atoms with van der Waals surface area (Å²) in [5.74, 6) is 0.199. The second-order valence-corrected chi connectivity index (χ2v) is 5.85. The van der Waals surface area contributed by atoms with E-state index in [0.717, 1.165) is 38.0 Å². The zero-order valence-electron chi connectivity index (χ0n) is 12.1. The quantitative estimate of drug-likeness (QED) is 0.893. The van der Waals surface area contributed by atoms with Crippen LogP contribution < -0.4 is 10.6 Å². The Morgan fingerprint density at radius 3 is 2.52 bits per heavy atom. The van der Waals surface area contributed by atoms with Crippen molar-refractivity contribution in [2.45, 2.75) is 31.7 Å². The van der Waals surface area contributed by atoms with Gasteiger partial charge in [-0.05, 0) is 43.5 Å². The summed E-state index contributed by atoms with van der Waals surface area (Å²) in [6.07, 6.45) is 3.50. The zero-order chi connectivity index (χ0) is 14.8. The predicted octanol–water partition coefficient (Wildman–Crippen LogP) is 1.38. The molecule has 0 saturated carbocycles. The Labute approximate surface area is 124 Å². The molecule has 1 aromatic carbocycles. The normalized spacial score (nSPS) is 22.7. The molecule has 2 saturated heterocycles. The molecular weight excluding hydrogens is 266 g/mol. The van der Waals surface area contributed by atoms with E-state index >= 15 is 0 Å². The van der Waals surface area contributed by atoms with Gasteiger partial charge in [0.15, 0.2) is 0 Å². The molecule has 21 heavy (non-hydrogen) atoms. The van der Waals surface area contributed by atoms with Crippen molar-refractivity contribution < 1.29 is 9.59 Å². The molecule has 0 bridgehead atoms. The molecule has 112 valence electrons. The Balaban J connectivity index is 1.71. The molecule has 5 heteroatoms. The molecule has 2 heterocycles. The first-order chi connectivity index (χ1) is 10.1. The summed E-state index contributed by atoms with van der Waals surface area (Å²) < 4.78 is 0. The molecule has 0 aromatic heterocycles. The average Bonchev–Trinajstić information content (AvgIpc) is 2.94. The van der Waals surface area contributed by atoms with Crippen LogP contribution >= 0.6 is 0 Å². The number of carbonyl (C=O) groups excluding carboxylic acids is 2. The smallest absolute Gasteiger partial charge is 0.253 e. The lowest BCUT2D eigenvalue weighted by molar-refractivity contribution is -0.119. The first kappa shape index (κ1) is 14.1. The van der Waals surface area contributed by atoms with Gasteiger partial charge in [-0.2, -0.15) is 0 Å². The van der Waals surface area contributed by atoms with E-state index in [2.05, 4.69) is 0 Å². The van der Waals surface area contributed by atoms with Crippen LogP contribution in [0.5, 0.6) is 0 Å². The number of anilines is 1. The van der Waals surface area contributed by atoms with Crippen molar-refractivity contribution in [3.8, 4) is 0 Å². The van der Waals surface area contributed by atoms with E-state index in [9.17, 15) is 9.59 Å². The fourth-order valence-corrected chi connectivity index (χ4v) is 3.02. The van der Waals surface area contributed by atoms with Crippen molar-refractivity contribution in [3.05, 3.63) is 29.8 Å².